The van der Waals surface area contributed by atoms with Crippen LogP contribution < -0.4 is 5.32 Å². The van der Waals surface area contributed by atoms with Crippen LogP contribution in [0.4, 0.5) is 11.4 Å². The number of methoxy groups -OCH3 is 1. The van der Waals surface area contributed by atoms with Gasteiger partial charge in [0, 0.05) is 23.4 Å². The lowest BCUT2D eigenvalue weighted by Gasteiger charge is -2.14. The van der Waals surface area contributed by atoms with Crippen molar-refractivity contribution in [3.8, 4) is 0 Å². The number of anilines is 1. The van der Waals surface area contributed by atoms with Gasteiger partial charge in [0.05, 0.1) is 18.0 Å². The van der Waals surface area contributed by atoms with Gasteiger partial charge in [-0.05, 0) is 38.3 Å². The van der Waals surface area contributed by atoms with Gasteiger partial charge in [0.25, 0.3) is 5.69 Å². The molecule has 0 heterocycles. The highest BCUT2D eigenvalue weighted by Gasteiger charge is 2.30. The van der Waals surface area contributed by atoms with Crippen LogP contribution in [0.5, 0.6) is 0 Å². The molecular weight excluding hydrogens is 260 g/mol. The highest BCUT2D eigenvalue weighted by atomic mass is 16.6. The number of nitro groups is 1. The molecule has 1 saturated carbocycles. The highest BCUT2D eigenvalue weighted by molar-refractivity contribution is 5.72. The number of ether oxygens (including phenoxy) is 1. The fraction of sp³-hybridized carbons (Fsp3) is 0.500. The first-order chi connectivity index (χ1) is 9.51. The van der Waals surface area contributed by atoms with Crippen LogP contribution in [0.3, 0.4) is 0 Å². The molecule has 0 bridgehead atoms. The summed E-state index contributed by atoms with van der Waals surface area (Å²) < 4.78 is 4.75. The Morgan fingerprint density at radius 3 is 2.80 bits per heavy atom. The van der Waals surface area contributed by atoms with Crippen molar-refractivity contribution < 1.29 is 14.5 Å². The number of carbonyl (C=O) groups excluding carboxylic acids is 1. The Bertz CT molecular complexity index is 530. The SMILES string of the molecule is COC(=O)[C@H]1CC[C@@H](Nc2ccc([N+](=O)[O-])c(C)c2)C1. The normalized spacial score (nSPS) is 21.5. The Morgan fingerprint density at radius 2 is 2.20 bits per heavy atom. The summed E-state index contributed by atoms with van der Waals surface area (Å²) in [5.41, 5.74) is 1.60. The number of aryl methyl sites for hydroxylation is 1. The van der Waals surface area contributed by atoms with Crippen LogP contribution in [0.1, 0.15) is 24.8 Å². The van der Waals surface area contributed by atoms with E-state index in [0.717, 1.165) is 24.9 Å². The molecule has 0 saturated heterocycles. The van der Waals surface area contributed by atoms with Crippen LogP contribution in [-0.2, 0) is 9.53 Å². The van der Waals surface area contributed by atoms with Gasteiger partial charge in [-0.15, -0.1) is 0 Å². The largest absolute Gasteiger partial charge is 0.469 e. The Balaban J connectivity index is 2.00. The quantitative estimate of drug-likeness (QED) is 0.520. The van der Waals surface area contributed by atoms with Gasteiger partial charge in [-0.3, -0.25) is 14.9 Å². The number of nitrogens with zero attached hydrogens (tertiary/aromatic N) is 1. The molecule has 6 heteroatoms. The van der Waals surface area contributed by atoms with Crippen LogP contribution in [-0.4, -0.2) is 24.0 Å². The van der Waals surface area contributed by atoms with Crippen molar-refractivity contribution in [2.75, 3.05) is 12.4 Å². The molecule has 1 aromatic carbocycles. The standard InChI is InChI=1S/C14H18N2O4/c1-9-7-11(5-6-13(9)16(18)19)15-12-4-3-10(8-12)14(17)20-2/h5-7,10,12,15H,3-4,8H2,1-2H3/t10-,12+/m0/s1. The second-order valence-electron chi connectivity index (χ2n) is 5.13. The Labute approximate surface area is 117 Å². The van der Waals surface area contributed by atoms with Gasteiger partial charge >= 0.3 is 5.97 Å². The molecule has 2 atom stereocenters. The topological polar surface area (TPSA) is 81.5 Å². The van der Waals surface area contributed by atoms with Crippen LogP contribution >= 0.6 is 0 Å². The second kappa shape index (κ2) is 5.90. The first kappa shape index (κ1) is 14.3. The molecular formula is C14H18N2O4. The van der Waals surface area contributed by atoms with Gasteiger partial charge in [-0.1, -0.05) is 0 Å². The number of benzene rings is 1. The molecule has 1 fully saturated rings. The maximum atomic E-state index is 11.5. The van der Waals surface area contributed by atoms with Crippen molar-refractivity contribution in [2.45, 2.75) is 32.2 Å². The number of nitrogens with one attached hydrogen (secondary N) is 1. The summed E-state index contributed by atoms with van der Waals surface area (Å²) in [4.78, 5) is 21.8. The van der Waals surface area contributed by atoms with E-state index in [-0.39, 0.29) is 28.5 Å². The van der Waals surface area contributed by atoms with Crippen LogP contribution in [0.15, 0.2) is 18.2 Å². The molecule has 6 nitrogen and oxygen atoms in total. The fourth-order valence-electron chi connectivity index (χ4n) is 2.68. The number of rotatable bonds is 4. The van der Waals surface area contributed by atoms with Gasteiger partial charge < -0.3 is 10.1 Å². The minimum absolute atomic E-state index is 0.0448. The minimum atomic E-state index is -0.387. The molecule has 1 N–H and O–H groups in total. The van der Waals surface area contributed by atoms with Crippen molar-refractivity contribution in [1.82, 2.24) is 0 Å². The van der Waals surface area contributed by atoms with E-state index in [1.165, 1.54) is 13.2 Å². The summed E-state index contributed by atoms with van der Waals surface area (Å²) in [6.45, 7) is 1.72. The monoisotopic (exact) mass is 278 g/mol. The Hall–Kier alpha value is -2.11. The maximum absolute atomic E-state index is 11.5. The average Bonchev–Trinajstić information content (AvgIpc) is 2.86. The molecule has 2 rings (SSSR count). The molecule has 0 aliphatic heterocycles. The van der Waals surface area contributed by atoms with E-state index in [4.69, 9.17) is 4.74 Å². The smallest absolute Gasteiger partial charge is 0.308 e. The van der Waals surface area contributed by atoms with Crippen molar-refractivity contribution in [3.05, 3.63) is 33.9 Å². The van der Waals surface area contributed by atoms with Gasteiger partial charge in [0.1, 0.15) is 0 Å². The Kier molecular flexibility index (Phi) is 4.22. The third kappa shape index (κ3) is 3.07. The third-order valence-corrected chi connectivity index (χ3v) is 3.73. The van der Waals surface area contributed by atoms with E-state index in [1.54, 1.807) is 19.1 Å². The summed E-state index contributed by atoms with van der Waals surface area (Å²) in [5.74, 6) is -0.203. The first-order valence-electron chi connectivity index (χ1n) is 6.60. The molecule has 0 radical (unpaired) electrons. The van der Waals surface area contributed by atoms with E-state index in [2.05, 4.69) is 5.32 Å². The molecule has 1 aliphatic carbocycles. The van der Waals surface area contributed by atoms with E-state index in [1.807, 2.05) is 0 Å². The zero-order valence-electron chi connectivity index (χ0n) is 11.6. The highest BCUT2D eigenvalue weighted by Crippen LogP contribution is 2.30. The lowest BCUT2D eigenvalue weighted by atomic mass is 10.1. The van der Waals surface area contributed by atoms with E-state index < -0.39 is 0 Å². The van der Waals surface area contributed by atoms with E-state index >= 15 is 0 Å². The predicted molar refractivity (Wildman–Crippen MR) is 74.6 cm³/mol. The third-order valence-electron chi connectivity index (χ3n) is 3.73. The van der Waals surface area contributed by atoms with E-state index in [0.29, 0.717) is 5.56 Å². The summed E-state index contributed by atoms with van der Waals surface area (Å²) in [7, 11) is 1.41. The fourth-order valence-corrected chi connectivity index (χ4v) is 2.68. The number of carbonyl (C=O) groups is 1. The van der Waals surface area contributed by atoms with Crippen LogP contribution in [0, 0.1) is 23.0 Å². The lowest BCUT2D eigenvalue weighted by molar-refractivity contribution is -0.385. The summed E-state index contributed by atoms with van der Waals surface area (Å²) in [6, 6.07) is 5.19. The first-order valence-corrected chi connectivity index (χ1v) is 6.60. The van der Waals surface area contributed by atoms with Crippen molar-refractivity contribution in [2.24, 2.45) is 5.92 Å². The molecule has 0 amide bonds. The number of hydrogen-bond donors (Lipinski definition) is 1. The molecule has 108 valence electrons. The van der Waals surface area contributed by atoms with Crippen LogP contribution in [0.2, 0.25) is 0 Å². The number of hydrogen-bond acceptors (Lipinski definition) is 5. The summed E-state index contributed by atoms with van der Waals surface area (Å²) >= 11 is 0. The second-order valence-corrected chi connectivity index (χ2v) is 5.13. The average molecular weight is 278 g/mol. The van der Waals surface area contributed by atoms with E-state index in [9.17, 15) is 14.9 Å². The molecule has 0 spiro atoms. The van der Waals surface area contributed by atoms with Gasteiger partial charge in [-0.25, -0.2) is 0 Å². The predicted octanol–water partition coefficient (Wildman–Crippen LogP) is 2.66. The summed E-state index contributed by atoms with van der Waals surface area (Å²) in [6.07, 6.45) is 2.45. The lowest BCUT2D eigenvalue weighted by Crippen LogP contribution is -2.18. The molecule has 0 unspecified atom stereocenters. The van der Waals surface area contributed by atoms with Crippen molar-refractivity contribution in [1.29, 1.82) is 0 Å². The summed E-state index contributed by atoms with van der Waals surface area (Å²) in [5, 5.41) is 14.1. The van der Waals surface area contributed by atoms with Crippen molar-refractivity contribution >= 4 is 17.3 Å². The number of esters is 1. The van der Waals surface area contributed by atoms with Crippen LogP contribution in [0.25, 0.3) is 0 Å². The van der Waals surface area contributed by atoms with Gasteiger partial charge in [0.2, 0.25) is 0 Å². The molecule has 1 aromatic rings. The molecule has 20 heavy (non-hydrogen) atoms. The van der Waals surface area contributed by atoms with Gasteiger partial charge in [-0.2, -0.15) is 0 Å². The maximum Gasteiger partial charge on any atom is 0.308 e. The molecule has 0 aromatic heterocycles. The number of nitro benzene ring substituents is 1. The Morgan fingerprint density at radius 1 is 1.45 bits per heavy atom. The molecule has 1 aliphatic rings. The zero-order valence-corrected chi connectivity index (χ0v) is 11.6. The minimum Gasteiger partial charge on any atom is -0.469 e. The zero-order chi connectivity index (χ0) is 14.7. The van der Waals surface area contributed by atoms with Gasteiger partial charge in [0.15, 0.2) is 0 Å². The van der Waals surface area contributed by atoms with Crippen molar-refractivity contribution in [3.63, 3.8) is 0 Å².